The van der Waals surface area contributed by atoms with E-state index >= 15 is 0 Å². The molecule has 8 nitrogen and oxygen atoms in total. The molecule has 10 heteroatoms. The number of hydrogen-bond donors (Lipinski definition) is 2. The van der Waals surface area contributed by atoms with Gasteiger partial charge in [0.15, 0.2) is 0 Å². The van der Waals surface area contributed by atoms with Gasteiger partial charge in [0.05, 0.1) is 5.75 Å². The molecule has 0 radical (unpaired) electrons. The molecule has 0 atom stereocenters. The van der Waals surface area contributed by atoms with Gasteiger partial charge in [0.25, 0.3) is 0 Å². The SMILES string of the molecule is Cc1nccn1-c1cc(NCCNS(=O)(=O)Cc2cccc(Cl)c2)ncn1. The third-order valence-electron chi connectivity index (χ3n) is 3.72. The number of aromatic nitrogens is 4. The predicted octanol–water partition coefficient (Wildman–Crippen LogP) is 2.16. The average Bonchev–Trinajstić information content (AvgIpc) is 3.05. The minimum absolute atomic E-state index is 0.120. The molecular formula is C17H19ClN6O2S. The summed E-state index contributed by atoms with van der Waals surface area (Å²) in [5, 5.41) is 3.59. The van der Waals surface area contributed by atoms with Crippen LogP contribution in [0.1, 0.15) is 11.4 Å². The maximum Gasteiger partial charge on any atom is 0.215 e. The lowest BCUT2D eigenvalue weighted by Crippen LogP contribution is -2.30. The van der Waals surface area contributed by atoms with Crippen molar-refractivity contribution >= 4 is 27.4 Å². The normalized spacial score (nSPS) is 11.5. The first-order valence-electron chi connectivity index (χ1n) is 8.21. The second-order valence-electron chi connectivity index (χ2n) is 5.82. The van der Waals surface area contributed by atoms with E-state index < -0.39 is 10.0 Å². The monoisotopic (exact) mass is 406 g/mol. The van der Waals surface area contributed by atoms with E-state index in [4.69, 9.17) is 11.6 Å². The number of sulfonamides is 1. The van der Waals surface area contributed by atoms with E-state index in [1.807, 2.05) is 17.7 Å². The van der Waals surface area contributed by atoms with E-state index in [-0.39, 0.29) is 12.3 Å². The number of halogens is 1. The van der Waals surface area contributed by atoms with Crippen LogP contribution in [0.5, 0.6) is 0 Å². The van der Waals surface area contributed by atoms with Gasteiger partial charge in [-0.15, -0.1) is 0 Å². The smallest absolute Gasteiger partial charge is 0.215 e. The van der Waals surface area contributed by atoms with Gasteiger partial charge in [-0.1, -0.05) is 23.7 Å². The Balaban J connectivity index is 1.52. The van der Waals surface area contributed by atoms with Crippen LogP contribution in [0.4, 0.5) is 5.82 Å². The number of nitrogens with one attached hydrogen (secondary N) is 2. The second-order valence-corrected chi connectivity index (χ2v) is 8.06. The maximum atomic E-state index is 12.2. The summed E-state index contributed by atoms with van der Waals surface area (Å²) in [6, 6.07) is 8.57. The van der Waals surface area contributed by atoms with Crippen LogP contribution in [-0.4, -0.2) is 41.0 Å². The van der Waals surface area contributed by atoms with E-state index in [1.54, 1.807) is 36.5 Å². The van der Waals surface area contributed by atoms with Crippen molar-refractivity contribution in [1.29, 1.82) is 0 Å². The Hall–Kier alpha value is -2.49. The van der Waals surface area contributed by atoms with Gasteiger partial charge in [0.1, 0.15) is 23.8 Å². The molecule has 3 aromatic rings. The third kappa shape index (κ3) is 5.49. The highest BCUT2D eigenvalue weighted by atomic mass is 35.5. The van der Waals surface area contributed by atoms with Gasteiger partial charge < -0.3 is 5.32 Å². The number of hydrogen-bond acceptors (Lipinski definition) is 6. The lowest BCUT2D eigenvalue weighted by atomic mass is 10.2. The lowest BCUT2D eigenvalue weighted by molar-refractivity contribution is 0.582. The van der Waals surface area contributed by atoms with E-state index in [1.165, 1.54) is 6.33 Å². The zero-order chi connectivity index (χ0) is 19.3. The Morgan fingerprint density at radius 3 is 2.74 bits per heavy atom. The van der Waals surface area contributed by atoms with E-state index in [0.717, 1.165) is 5.82 Å². The summed E-state index contributed by atoms with van der Waals surface area (Å²) in [6.07, 6.45) is 4.95. The van der Waals surface area contributed by atoms with Gasteiger partial charge in [-0.05, 0) is 24.6 Å². The second kappa shape index (κ2) is 8.47. The van der Waals surface area contributed by atoms with Crippen LogP contribution >= 0.6 is 11.6 Å². The van der Waals surface area contributed by atoms with Gasteiger partial charge >= 0.3 is 0 Å². The first kappa shape index (κ1) is 19.3. The number of aryl methyl sites for hydroxylation is 1. The highest BCUT2D eigenvalue weighted by Gasteiger charge is 2.11. The summed E-state index contributed by atoms with van der Waals surface area (Å²) < 4.78 is 28.7. The molecule has 1 aromatic carbocycles. The number of anilines is 1. The van der Waals surface area contributed by atoms with Gasteiger partial charge in [0, 0.05) is 36.6 Å². The minimum atomic E-state index is -3.45. The fraction of sp³-hybridized carbons (Fsp3) is 0.235. The molecule has 0 aliphatic carbocycles. The van der Waals surface area contributed by atoms with Crippen LogP contribution in [-0.2, 0) is 15.8 Å². The van der Waals surface area contributed by atoms with Crippen molar-refractivity contribution in [2.24, 2.45) is 0 Å². The Bertz CT molecular complexity index is 1020. The zero-order valence-corrected chi connectivity index (χ0v) is 16.2. The molecule has 0 saturated heterocycles. The molecule has 2 heterocycles. The minimum Gasteiger partial charge on any atom is -0.369 e. The van der Waals surface area contributed by atoms with Gasteiger partial charge in [0.2, 0.25) is 10.0 Å². The Kier molecular flexibility index (Phi) is 6.04. The average molecular weight is 407 g/mol. The zero-order valence-electron chi connectivity index (χ0n) is 14.6. The number of imidazole rings is 1. The summed E-state index contributed by atoms with van der Waals surface area (Å²) >= 11 is 5.88. The molecule has 142 valence electrons. The first-order valence-corrected chi connectivity index (χ1v) is 10.2. The first-order chi connectivity index (χ1) is 12.9. The fourth-order valence-electron chi connectivity index (χ4n) is 2.49. The molecule has 0 spiro atoms. The molecule has 0 fully saturated rings. The van der Waals surface area contributed by atoms with E-state index in [2.05, 4.69) is 25.0 Å². The topological polar surface area (TPSA) is 102 Å². The van der Waals surface area contributed by atoms with Gasteiger partial charge in [-0.3, -0.25) is 4.57 Å². The molecule has 2 N–H and O–H groups in total. The lowest BCUT2D eigenvalue weighted by Gasteiger charge is -2.10. The van der Waals surface area contributed by atoms with E-state index in [9.17, 15) is 8.42 Å². The summed E-state index contributed by atoms with van der Waals surface area (Å²) in [5.41, 5.74) is 0.638. The predicted molar refractivity (Wildman–Crippen MR) is 104 cm³/mol. The Morgan fingerprint density at radius 1 is 1.15 bits per heavy atom. The summed E-state index contributed by atoms with van der Waals surface area (Å²) in [6.45, 7) is 2.49. The molecule has 0 amide bonds. The van der Waals surface area contributed by atoms with Crippen LogP contribution in [0.15, 0.2) is 49.1 Å². The summed E-state index contributed by atoms with van der Waals surface area (Å²) in [7, 11) is -3.45. The molecule has 0 aliphatic heterocycles. The summed E-state index contributed by atoms with van der Waals surface area (Å²) in [5.74, 6) is 1.98. The molecule has 0 aliphatic rings. The number of benzene rings is 1. The van der Waals surface area contributed by atoms with Crippen LogP contribution in [0.25, 0.3) is 5.82 Å². The number of rotatable bonds is 8. The van der Waals surface area contributed by atoms with Crippen molar-refractivity contribution in [3.63, 3.8) is 0 Å². The van der Waals surface area contributed by atoms with Crippen molar-refractivity contribution in [1.82, 2.24) is 24.2 Å². The highest BCUT2D eigenvalue weighted by Crippen LogP contribution is 2.13. The van der Waals surface area contributed by atoms with Gasteiger partial charge in [-0.2, -0.15) is 0 Å². The molecule has 27 heavy (non-hydrogen) atoms. The molecule has 3 rings (SSSR count). The quantitative estimate of drug-likeness (QED) is 0.556. The standard InChI is InChI=1S/C17H19ClN6O2S/c1-13-19-7-8-24(13)17-10-16(21-12-22-17)20-5-6-23-27(25,26)11-14-3-2-4-15(18)9-14/h2-4,7-10,12,23H,5-6,11H2,1H3,(H,20,21,22). The molecular weight excluding hydrogens is 388 g/mol. The molecule has 0 saturated carbocycles. The molecule has 0 bridgehead atoms. The molecule has 2 aromatic heterocycles. The van der Waals surface area contributed by atoms with Crippen LogP contribution in [0.2, 0.25) is 5.02 Å². The fourth-order valence-corrected chi connectivity index (χ4v) is 3.84. The van der Waals surface area contributed by atoms with Crippen LogP contribution in [0, 0.1) is 6.92 Å². The maximum absolute atomic E-state index is 12.2. The van der Waals surface area contributed by atoms with E-state index in [0.29, 0.717) is 28.8 Å². The van der Waals surface area contributed by atoms with Crippen molar-refractivity contribution in [3.8, 4) is 5.82 Å². The van der Waals surface area contributed by atoms with Gasteiger partial charge in [-0.25, -0.2) is 28.1 Å². The highest BCUT2D eigenvalue weighted by molar-refractivity contribution is 7.88. The largest absolute Gasteiger partial charge is 0.369 e. The van der Waals surface area contributed by atoms with Crippen molar-refractivity contribution in [3.05, 3.63) is 65.5 Å². The van der Waals surface area contributed by atoms with Crippen molar-refractivity contribution in [2.75, 3.05) is 18.4 Å². The Labute approximate surface area is 162 Å². The Morgan fingerprint density at radius 2 is 2.00 bits per heavy atom. The number of nitrogens with zero attached hydrogens (tertiary/aromatic N) is 4. The van der Waals surface area contributed by atoms with Crippen LogP contribution < -0.4 is 10.0 Å². The van der Waals surface area contributed by atoms with Crippen molar-refractivity contribution < 1.29 is 8.42 Å². The third-order valence-corrected chi connectivity index (χ3v) is 5.32. The van der Waals surface area contributed by atoms with Crippen LogP contribution in [0.3, 0.4) is 0 Å². The molecule has 0 unspecified atom stereocenters. The summed E-state index contributed by atoms with van der Waals surface area (Å²) in [4.78, 5) is 12.5. The van der Waals surface area contributed by atoms with Crippen molar-refractivity contribution in [2.45, 2.75) is 12.7 Å².